The molecule has 0 atom stereocenters. The van der Waals surface area contributed by atoms with E-state index in [1.54, 1.807) is 0 Å². The van der Waals surface area contributed by atoms with Crippen LogP contribution in [0.3, 0.4) is 0 Å². The molecule has 50 heavy (non-hydrogen) atoms. The van der Waals surface area contributed by atoms with Crippen LogP contribution in [0.1, 0.15) is 11.1 Å². The summed E-state index contributed by atoms with van der Waals surface area (Å²) in [7, 11) is 0. The summed E-state index contributed by atoms with van der Waals surface area (Å²) in [6.07, 6.45) is 0. The van der Waals surface area contributed by atoms with Crippen molar-refractivity contribution in [3.05, 3.63) is 169 Å². The number of benzene rings is 8. The van der Waals surface area contributed by atoms with E-state index in [9.17, 15) is 0 Å². The van der Waals surface area contributed by atoms with Crippen LogP contribution in [0, 0.1) is 13.8 Å². The molecule has 0 saturated carbocycles. The Morgan fingerprint density at radius 3 is 1.10 bits per heavy atom. The first-order valence-corrected chi connectivity index (χ1v) is 17.2. The second-order valence-corrected chi connectivity index (χ2v) is 13.4. The summed E-state index contributed by atoms with van der Waals surface area (Å²) >= 11 is 0. The predicted molar refractivity (Wildman–Crippen MR) is 210 cm³/mol. The zero-order valence-corrected chi connectivity index (χ0v) is 27.8. The molecule has 0 unspecified atom stereocenters. The lowest BCUT2D eigenvalue weighted by Crippen LogP contribution is -1.92. The Morgan fingerprint density at radius 1 is 0.320 bits per heavy atom. The minimum absolute atomic E-state index is 0.874. The average molecular weight is 641 g/mol. The minimum Gasteiger partial charge on any atom is -0.455 e. The summed E-state index contributed by atoms with van der Waals surface area (Å²) in [6.45, 7) is 4.26. The van der Waals surface area contributed by atoms with Gasteiger partial charge in [-0.25, -0.2) is 0 Å². The summed E-state index contributed by atoms with van der Waals surface area (Å²) in [4.78, 5) is 0. The first-order chi connectivity index (χ1) is 24.6. The summed E-state index contributed by atoms with van der Waals surface area (Å²) in [5.74, 6) is 1.75. The first kappa shape index (κ1) is 28.6. The lowest BCUT2D eigenvalue weighted by molar-refractivity contribution is 0.632. The van der Waals surface area contributed by atoms with E-state index in [4.69, 9.17) is 8.83 Å². The number of hydrogen-bond acceptors (Lipinski definition) is 2. The van der Waals surface area contributed by atoms with Crippen LogP contribution >= 0.6 is 0 Å². The summed E-state index contributed by atoms with van der Waals surface area (Å²) in [5, 5.41) is 9.05. The highest BCUT2D eigenvalue weighted by Crippen LogP contribution is 2.52. The number of aryl methyl sites for hydroxylation is 2. The van der Waals surface area contributed by atoms with Crippen molar-refractivity contribution in [1.82, 2.24) is 0 Å². The van der Waals surface area contributed by atoms with Gasteiger partial charge in [-0.2, -0.15) is 0 Å². The van der Waals surface area contributed by atoms with Crippen LogP contribution in [0.5, 0.6) is 0 Å². The van der Waals surface area contributed by atoms with Gasteiger partial charge in [0, 0.05) is 33.0 Å². The zero-order valence-electron chi connectivity index (χ0n) is 27.8. The average Bonchev–Trinajstić information content (AvgIpc) is 3.72. The van der Waals surface area contributed by atoms with E-state index in [2.05, 4.69) is 172 Å². The van der Waals surface area contributed by atoms with Crippen LogP contribution < -0.4 is 0 Å². The van der Waals surface area contributed by atoms with Crippen molar-refractivity contribution in [1.29, 1.82) is 0 Å². The van der Waals surface area contributed by atoms with E-state index in [0.717, 1.165) is 88.4 Å². The quantitative estimate of drug-likeness (QED) is 0.179. The van der Waals surface area contributed by atoms with Crippen molar-refractivity contribution in [2.75, 3.05) is 0 Å². The Morgan fingerprint density at radius 2 is 0.680 bits per heavy atom. The van der Waals surface area contributed by atoms with Crippen molar-refractivity contribution in [3.8, 4) is 44.9 Å². The van der Waals surface area contributed by atoms with Gasteiger partial charge in [-0.15, -0.1) is 0 Å². The first-order valence-electron chi connectivity index (χ1n) is 17.2. The molecule has 0 N–H and O–H groups in total. The Labute approximate surface area is 289 Å². The lowest BCUT2D eigenvalue weighted by Gasteiger charge is -2.18. The topological polar surface area (TPSA) is 26.3 Å². The molecule has 236 valence electrons. The number of para-hydroxylation sites is 2. The molecule has 2 aromatic heterocycles. The second-order valence-electron chi connectivity index (χ2n) is 13.4. The van der Waals surface area contributed by atoms with Crippen molar-refractivity contribution >= 4 is 54.3 Å². The minimum atomic E-state index is 0.874. The van der Waals surface area contributed by atoms with Gasteiger partial charge >= 0.3 is 0 Å². The Balaban J connectivity index is 1.40. The molecule has 2 heterocycles. The normalized spacial score (nSPS) is 11.8. The molecular weight excluding hydrogens is 609 g/mol. The molecule has 0 amide bonds. The summed E-state index contributed by atoms with van der Waals surface area (Å²) < 4.78 is 13.9. The summed E-state index contributed by atoms with van der Waals surface area (Å²) in [5.41, 5.74) is 10.9. The molecule has 8 aromatic carbocycles. The molecule has 0 aliphatic heterocycles. The molecule has 0 aliphatic rings. The number of rotatable bonds is 4. The van der Waals surface area contributed by atoms with Crippen molar-refractivity contribution < 1.29 is 8.83 Å². The van der Waals surface area contributed by atoms with Gasteiger partial charge < -0.3 is 8.83 Å². The third-order valence-corrected chi connectivity index (χ3v) is 10.2. The van der Waals surface area contributed by atoms with Gasteiger partial charge in [0.25, 0.3) is 0 Å². The van der Waals surface area contributed by atoms with E-state index < -0.39 is 0 Å². The highest BCUT2D eigenvalue weighted by molar-refractivity contribution is 6.26. The van der Waals surface area contributed by atoms with Crippen LogP contribution in [0.25, 0.3) is 99.2 Å². The fourth-order valence-electron chi connectivity index (χ4n) is 7.81. The molecule has 0 saturated heterocycles. The fraction of sp³-hybridized carbons (Fsp3) is 0.0417. The van der Waals surface area contributed by atoms with E-state index >= 15 is 0 Å². The molecule has 2 heteroatoms. The van der Waals surface area contributed by atoms with Crippen molar-refractivity contribution in [3.63, 3.8) is 0 Å². The molecule has 0 radical (unpaired) electrons. The van der Waals surface area contributed by atoms with Gasteiger partial charge in [-0.05, 0) is 81.6 Å². The van der Waals surface area contributed by atoms with Gasteiger partial charge in [0.15, 0.2) is 0 Å². The Kier molecular flexibility index (Phi) is 6.34. The number of fused-ring (bicyclic) bond motifs is 5. The van der Waals surface area contributed by atoms with Crippen LogP contribution in [-0.2, 0) is 0 Å². The number of furan rings is 2. The second kappa shape index (κ2) is 11.1. The van der Waals surface area contributed by atoms with Gasteiger partial charge in [-0.3, -0.25) is 0 Å². The molecule has 0 fully saturated rings. The third-order valence-electron chi connectivity index (χ3n) is 10.2. The van der Waals surface area contributed by atoms with Crippen molar-refractivity contribution in [2.24, 2.45) is 0 Å². The predicted octanol–water partition coefficient (Wildman–Crippen LogP) is 13.9. The Bertz CT molecular complexity index is 2720. The number of hydrogen-bond donors (Lipinski definition) is 0. The Hall–Kier alpha value is -6.38. The smallest absolute Gasteiger partial charge is 0.144 e. The van der Waals surface area contributed by atoms with Gasteiger partial charge in [-0.1, -0.05) is 145 Å². The standard InChI is InChI=1S/C48H32O2/c1-29-19-23-31(24-20-29)43-37-15-7-9-17-41(37)49-47(43)45-35-13-5-6-14-36(35)46(40-28-34-12-4-3-11-33(34)27-39(40)45)48-44(32-25-21-30(2)22-26-32)38-16-8-10-18-42(38)50-48/h3-28H,1-2H3. The molecule has 0 spiro atoms. The molecule has 10 rings (SSSR count). The van der Waals surface area contributed by atoms with Crippen LogP contribution in [-0.4, -0.2) is 0 Å². The fourth-order valence-corrected chi connectivity index (χ4v) is 7.81. The van der Waals surface area contributed by atoms with E-state index in [0.29, 0.717) is 0 Å². The van der Waals surface area contributed by atoms with Crippen LogP contribution in [0.4, 0.5) is 0 Å². The van der Waals surface area contributed by atoms with Gasteiger partial charge in [0.05, 0.1) is 0 Å². The molecular formula is C48H32O2. The van der Waals surface area contributed by atoms with Gasteiger partial charge in [0.2, 0.25) is 0 Å². The van der Waals surface area contributed by atoms with E-state index in [-0.39, 0.29) is 0 Å². The van der Waals surface area contributed by atoms with E-state index in [1.807, 2.05) is 0 Å². The monoisotopic (exact) mass is 640 g/mol. The highest BCUT2D eigenvalue weighted by atomic mass is 16.3. The molecule has 2 nitrogen and oxygen atoms in total. The molecule has 0 bridgehead atoms. The van der Waals surface area contributed by atoms with Crippen LogP contribution in [0.2, 0.25) is 0 Å². The summed E-state index contributed by atoms with van der Waals surface area (Å²) in [6, 6.07) is 56.5. The zero-order chi connectivity index (χ0) is 33.3. The largest absolute Gasteiger partial charge is 0.455 e. The van der Waals surface area contributed by atoms with Crippen LogP contribution in [0.15, 0.2) is 167 Å². The maximum Gasteiger partial charge on any atom is 0.144 e. The highest BCUT2D eigenvalue weighted by Gasteiger charge is 2.27. The lowest BCUT2D eigenvalue weighted by atomic mass is 9.85. The maximum absolute atomic E-state index is 6.97. The van der Waals surface area contributed by atoms with E-state index in [1.165, 1.54) is 21.9 Å². The maximum atomic E-state index is 6.97. The van der Waals surface area contributed by atoms with Gasteiger partial charge in [0.1, 0.15) is 22.7 Å². The SMILES string of the molecule is Cc1ccc(-c2c(-c3c4ccccc4c(-c4oc5ccccc5c4-c4ccc(C)cc4)c4cc5ccccc5cc34)oc3ccccc23)cc1. The third kappa shape index (κ3) is 4.35. The molecule has 0 aliphatic carbocycles. The molecule has 10 aromatic rings. The van der Waals surface area contributed by atoms with Crippen molar-refractivity contribution in [2.45, 2.75) is 13.8 Å².